The van der Waals surface area contributed by atoms with Crippen LogP contribution in [-0.2, 0) is 11.3 Å². The van der Waals surface area contributed by atoms with Crippen molar-refractivity contribution in [3.05, 3.63) is 29.8 Å². The van der Waals surface area contributed by atoms with E-state index in [2.05, 4.69) is 20.9 Å². The molecular formula is C21H37IN4O3. The summed E-state index contributed by atoms with van der Waals surface area (Å²) in [5.74, 6) is 1.49. The van der Waals surface area contributed by atoms with Gasteiger partial charge in [0.25, 0.3) is 0 Å². The maximum Gasteiger partial charge on any atom is 0.408 e. The summed E-state index contributed by atoms with van der Waals surface area (Å²) in [6.45, 7) is 14.5. The van der Waals surface area contributed by atoms with E-state index in [0.717, 1.165) is 11.3 Å². The Morgan fingerprint density at radius 2 is 1.79 bits per heavy atom. The molecule has 0 aromatic heterocycles. The number of carbonyl (C=O) groups is 1. The average molecular weight is 520 g/mol. The second kappa shape index (κ2) is 12.1. The van der Waals surface area contributed by atoms with E-state index < -0.39 is 17.2 Å². The molecule has 1 aromatic rings. The van der Waals surface area contributed by atoms with Crippen LogP contribution in [-0.4, -0.2) is 42.9 Å². The number of carbonyl (C=O) groups excluding carboxylic acids is 1. The van der Waals surface area contributed by atoms with Gasteiger partial charge in [-0.15, -0.1) is 24.0 Å². The molecule has 3 N–H and O–H groups in total. The number of rotatable bonds is 7. The highest BCUT2D eigenvalue weighted by molar-refractivity contribution is 14.0. The summed E-state index contributed by atoms with van der Waals surface area (Å²) in [6.07, 6.45) is -0.304. The highest BCUT2D eigenvalue weighted by Crippen LogP contribution is 2.14. The number of halogens is 1. The zero-order valence-corrected chi connectivity index (χ0v) is 21.2. The standard InChI is InChI=1S/C21H36N4O3.HI/c1-15(2)27-17-11-9-10-16(12-17)13-23-18(22-8)24-14-21(6,7)25-19(26)28-20(3,4)5;/h9-12,15H,13-14H2,1-8H3,(H,25,26)(H2,22,23,24);1H. The predicted molar refractivity (Wildman–Crippen MR) is 129 cm³/mol. The van der Waals surface area contributed by atoms with Gasteiger partial charge in [-0.05, 0) is 66.2 Å². The van der Waals surface area contributed by atoms with Gasteiger partial charge in [0.05, 0.1) is 11.6 Å². The van der Waals surface area contributed by atoms with E-state index in [1.165, 1.54) is 0 Å². The van der Waals surface area contributed by atoms with Crippen molar-refractivity contribution in [2.24, 2.45) is 4.99 Å². The zero-order valence-electron chi connectivity index (χ0n) is 18.9. The second-order valence-corrected chi connectivity index (χ2v) is 8.60. The highest BCUT2D eigenvalue weighted by Gasteiger charge is 2.24. The van der Waals surface area contributed by atoms with Crippen molar-refractivity contribution < 1.29 is 14.3 Å². The summed E-state index contributed by atoms with van der Waals surface area (Å²) in [6, 6.07) is 7.95. The molecule has 7 nitrogen and oxygen atoms in total. The molecule has 29 heavy (non-hydrogen) atoms. The van der Waals surface area contributed by atoms with Gasteiger partial charge < -0.3 is 25.4 Å². The van der Waals surface area contributed by atoms with Crippen LogP contribution < -0.4 is 20.7 Å². The van der Waals surface area contributed by atoms with Crippen molar-refractivity contribution in [3.8, 4) is 5.75 Å². The summed E-state index contributed by atoms with van der Waals surface area (Å²) < 4.78 is 11.0. The van der Waals surface area contributed by atoms with Gasteiger partial charge in [0.2, 0.25) is 0 Å². The van der Waals surface area contributed by atoms with Gasteiger partial charge in [-0.3, -0.25) is 4.99 Å². The Morgan fingerprint density at radius 1 is 1.14 bits per heavy atom. The number of nitrogens with zero attached hydrogens (tertiary/aromatic N) is 1. The lowest BCUT2D eigenvalue weighted by atomic mass is 10.1. The fraction of sp³-hybridized carbons (Fsp3) is 0.619. The molecule has 8 heteroatoms. The van der Waals surface area contributed by atoms with E-state index in [1.54, 1.807) is 7.05 Å². The maximum atomic E-state index is 12.0. The highest BCUT2D eigenvalue weighted by atomic mass is 127. The lowest BCUT2D eigenvalue weighted by Crippen LogP contribution is -2.54. The number of hydrogen-bond acceptors (Lipinski definition) is 4. The van der Waals surface area contributed by atoms with Gasteiger partial charge in [0, 0.05) is 20.1 Å². The Kier molecular flexibility index (Phi) is 11.4. The lowest BCUT2D eigenvalue weighted by molar-refractivity contribution is 0.0474. The molecule has 0 fully saturated rings. The molecule has 0 aliphatic heterocycles. The lowest BCUT2D eigenvalue weighted by Gasteiger charge is -2.29. The number of guanidine groups is 1. The molecule has 166 valence electrons. The minimum Gasteiger partial charge on any atom is -0.491 e. The first-order valence-corrected chi connectivity index (χ1v) is 9.61. The van der Waals surface area contributed by atoms with Crippen LogP contribution in [0.5, 0.6) is 5.75 Å². The molecular weight excluding hydrogens is 483 g/mol. The van der Waals surface area contributed by atoms with E-state index in [9.17, 15) is 4.79 Å². The number of nitrogens with one attached hydrogen (secondary N) is 3. The van der Waals surface area contributed by atoms with Crippen LogP contribution in [0.2, 0.25) is 0 Å². The van der Waals surface area contributed by atoms with Gasteiger partial charge in [0.15, 0.2) is 5.96 Å². The van der Waals surface area contributed by atoms with Crippen molar-refractivity contribution in [1.82, 2.24) is 16.0 Å². The molecule has 1 amide bonds. The van der Waals surface area contributed by atoms with Gasteiger partial charge >= 0.3 is 6.09 Å². The van der Waals surface area contributed by atoms with E-state index in [4.69, 9.17) is 9.47 Å². The van der Waals surface area contributed by atoms with Gasteiger partial charge in [0.1, 0.15) is 11.4 Å². The van der Waals surface area contributed by atoms with Crippen molar-refractivity contribution in [3.63, 3.8) is 0 Å². The van der Waals surface area contributed by atoms with Crippen LogP contribution >= 0.6 is 24.0 Å². The first-order valence-electron chi connectivity index (χ1n) is 9.61. The summed E-state index contributed by atoms with van der Waals surface area (Å²) >= 11 is 0. The Morgan fingerprint density at radius 3 is 2.34 bits per heavy atom. The van der Waals surface area contributed by atoms with E-state index >= 15 is 0 Å². The Balaban J connectivity index is 0.00000784. The number of hydrogen-bond donors (Lipinski definition) is 3. The smallest absolute Gasteiger partial charge is 0.408 e. The first-order chi connectivity index (χ1) is 12.9. The van der Waals surface area contributed by atoms with Gasteiger partial charge in [-0.1, -0.05) is 12.1 Å². The minimum absolute atomic E-state index is 0. The quantitative estimate of drug-likeness (QED) is 0.287. The third-order valence-corrected chi connectivity index (χ3v) is 3.49. The molecule has 0 heterocycles. The topological polar surface area (TPSA) is 84.0 Å². The Labute approximate surface area is 192 Å². The molecule has 0 atom stereocenters. The second-order valence-electron chi connectivity index (χ2n) is 8.60. The van der Waals surface area contributed by atoms with Crippen LogP contribution in [0.4, 0.5) is 4.79 Å². The van der Waals surface area contributed by atoms with Gasteiger partial charge in [-0.2, -0.15) is 0 Å². The molecule has 0 saturated carbocycles. The predicted octanol–water partition coefficient (Wildman–Crippen LogP) is 4.06. The molecule has 0 radical (unpaired) electrons. The zero-order chi connectivity index (χ0) is 21.4. The molecule has 0 aliphatic carbocycles. The molecule has 0 bridgehead atoms. The summed E-state index contributed by atoms with van der Waals surface area (Å²) in [5.41, 5.74) is 0.0523. The number of amides is 1. The maximum absolute atomic E-state index is 12.0. The van der Waals surface area contributed by atoms with Crippen molar-refractivity contribution >= 4 is 36.0 Å². The van der Waals surface area contributed by atoms with Crippen molar-refractivity contribution in [2.75, 3.05) is 13.6 Å². The molecule has 0 unspecified atom stereocenters. The molecule has 0 aliphatic rings. The SMILES string of the molecule is CN=C(NCc1cccc(OC(C)C)c1)NCC(C)(C)NC(=O)OC(C)(C)C.I. The first kappa shape index (κ1) is 27.3. The number of benzene rings is 1. The third-order valence-electron chi connectivity index (χ3n) is 3.49. The van der Waals surface area contributed by atoms with Crippen LogP contribution in [0.15, 0.2) is 29.3 Å². The summed E-state index contributed by atoms with van der Waals surface area (Å²) in [4.78, 5) is 16.2. The number of ether oxygens (including phenoxy) is 2. The summed E-state index contributed by atoms with van der Waals surface area (Å²) in [5, 5.41) is 9.37. The van der Waals surface area contributed by atoms with E-state index in [1.807, 2.05) is 72.7 Å². The minimum atomic E-state index is -0.529. The Hall–Kier alpha value is -1.71. The fourth-order valence-electron chi connectivity index (χ4n) is 2.34. The molecule has 1 aromatic carbocycles. The van der Waals surface area contributed by atoms with E-state index in [-0.39, 0.29) is 30.1 Å². The van der Waals surface area contributed by atoms with Gasteiger partial charge in [-0.25, -0.2) is 4.79 Å². The van der Waals surface area contributed by atoms with Crippen molar-refractivity contribution in [1.29, 1.82) is 0 Å². The normalized spacial score (nSPS) is 12.1. The third kappa shape index (κ3) is 12.5. The number of alkyl carbamates (subject to hydrolysis) is 1. The van der Waals surface area contributed by atoms with Crippen LogP contribution in [0.3, 0.4) is 0 Å². The van der Waals surface area contributed by atoms with E-state index in [0.29, 0.717) is 19.0 Å². The Bertz CT molecular complexity index is 670. The van der Waals surface area contributed by atoms with Crippen molar-refractivity contribution in [2.45, 2.75) is 72.3 Å². The van der Waals surface area contributed by atoms with Crippen LogP contribution in [0.1, 0.15) is 54.0 Å². The summed E-state index contributed by atoms with van der Waals surface area (Å²) in [7, 11) is 1.71. The average Bonchev–Trinajstić information content (AvgIpc) is 2.52. The largest absolute Gasteiger partial charge is 0.491 e. The van der Waals surface area contributed by atoms with Crippen LogP contribution in [0.25, 0.3) is 0 Å². The molecule has 1 rings (SSSR count). The molecule has 0 spiro atoms. The van der Waals surface area contributed by atoms with Crippen LogP contribution in [0, 0.1) is 0 Å². The fourth-order valence-corrected chi connectivity index (χ4v) is 2.34. The molecule has 0 saturated heterocycles. The number of aliphatic imine (C=N–C) groups is 1. The monoisotopic (exact) mass is 520 g/mol.